The molecule has 4 heteroatoms. The minimum Gasteiger partial charge on any atom is -0.480 e. The summed E-state index contributed by atoms with van der Waals surface area (Å²) in [6.45, 7) is 3.86. The van der Waals surface area contributed by atoms with E-state index < -0.39 is 6.10 Å². The molecule has 0 aliphatic heterocycles. The zero-order valence-corrected chi connectivity index (χ0v) is 15.0. The second-order valence-electron chi connectivity index (χ2n) is 5.94. The fourth-order valence-corrected chi connectivity index (χ4v) is 2.89. The highest BCUT2D eigenvalue weighted by atomic mass is 35.5. The van der Waals surface area contributed by atoms with E-state index in [0.717, 1.165) is 16.3 Å². The molecule has 0 heterocycles. The molecule has 3 nitrogen and oxygen atoms in total. The number of halogens is 1. The summed E-state index contributed by atoms with van der Waals surface area (Å²) in [6.07, 6.45) is -0.0153. The Balaban J connectivity index is 1.82. The molecule has 0 fully saturated rings. The van der Waals surface area contributed by atoms with Gasteiger partial charge in [0.1, 0.15) is 5.75 Å². The average molecular weight is 354 g/mol. The van der Waals surface area contributed by atoms with Crippen LogP contribution in [0.5, 0.6) is 5.75 Å². The highest BCUT2D eigenvalue weighted by Crippen LogP contribution is 2.27. The minimum atomic E-state index is -0.579. The van der Waals surface area contributed by atoms with Crippen molar-refractivity contribution in [2.75, 3.05) is 5.32 Å². The molecule has 0 aliphatic carbocycles. The van der Waals surface area contributed by atoms with Gasteiger partial charge in [-0.05, 0) is 42.5 Å². The number of fused-ring (bicyclic) bond motifs is 1. The molecule has 0 radical (unpaired) electrons. The van der Waals surface area contributed by atoms with Gasteiger partial charge in [0.2, 0.25) is 0 Å². The number of anilines is 1. The smallest absolute Gasteiger partial charge is 0.265 e. The molecule has 1 atom stereocenters. The van der Waals surface area contributed by atoms with Gasteiger partial charge in [0.25, 0.3) is 5.91 Å². The number of hydrogen-bond acceptors (Lipinski definition) is 2. The van der Waals surface area contributed by atoms with Crippen LogP contribution in [0, 0.1) is 6.92 Å². The van der Waals surface area contributed by atoms with E-state index in [9.17, 15) is 4.79 Å². The number of nitrogens with one attached hydrogen (secondary N) is 1. The van der Waals surface area contributed by atoms with E-state index in [1.807, 2.05) is 62.4 Å². The van der Waals surface area contributed by atoms with Crippen LogP contribution in [0.3, 0.4) is 0 Å². The van der Waals surface area contributed by atoms with Gasteiger partial charge in [-0.1, -0.05) is 61.0 Å². The van der Waals surface area contributed by atoms with Crippen molar-refractivity contribution in [3.8, 4) is 5.75 Å². The van der Waals surface area contributed by atoms with Crippen molar-refractivity contribution < 1.29 is 9.53 Å². The Hall–Kier alpha value is -2.52. The number of aryl methyl sites for hydroxylation is 1. The van der Waals surface area contributed by atoms with Gasteiger partial charge < -0.3 is 10.1 Å². The third kappa shape index (κ3) is 3.94. The first kappa shape index (κ1) is 17.3. The number of carbonyl (C=O) groups is 1. The van der Waals surface area contributed by atoms with Crippen LogP contribution in [-0.2, 0) is 4.79 Å². The summed E-state index contributed by atoms with van der Waals surface area (Å²) in [5.74, 6) is 0.531. The van der Waals surface area contributed by atoms with Crippen molar-refractivity contribution in [2.24, 2.45) is 0 Å². The summed E-state index contributed by atoms with van der Waals surface area (Å²) in [6, 6.07) is 19.3. The summed E-state index contributed by atoms with van der Waals surface area (Å²) < 4.78 is 6.04. The fourth-order valence-electron chi connectivity index (χ4n) is 2.72. The quantitative estimate of drug-likeness (QED) is 0.648. The minimum absolute atomic E-state index is 0.180. The SMILES string of the molecule is CCC(Oc1cccc2ccccc12)C(=O)Nc1cc(Cl)ccc1C. The van der Waals surface area contributed by atoms with Crippen molar-refractivity contribution in [2.45, 2.75) is 26.4 Å². The zero-order chi connectivity index (χ0) is 17.8. The summed E-state index contributed by atoms with van der Waals surface area (Å²) in [7, 11) is 0. The Labute approximate surface area is 152 Å². The molecule has 1 unspecified atom stereocenters. The van der Waals surface area contributed by atoms with Gasteiger partial charge in [-0.3, -0.25) is 4.79 Å². The third-order valence-electron chi connectivity index (χ3n) is 4.14. The van der Waals surface area contributed by atoms with Crippen molar-refractivity contribution in [3.05, 3.63) is 71.2 Å². The Bertz CT molecular complexity index is 902. The molecule has 0 saturated carbocycles. The van der Waals surface area contributed by atoms with Crippen LogP contribution in [0.2, 0.25) is 5.02 Å². The molecule has 0 spiro atoms. The van der Waals surface area contributed by atoms with Crippen LogP contribution < -0.4 is 10.1 Å². The first-order valence-electron chi connectivity index (χ1n) is 8.30. The lowest BCUT2D eigenvalue weighted by Crippen LogP contribution is -2.32. The first-order valence-corrected chi connectivity index (χ1v) is 8.67. The molecule has 0 saturated heterocycles. The first-order chi connectivity index (χ1) is 12.1. The van der Waals surface area contributed by atoms with E-state index >= 15 is 0 Å². The van der Waals surface area contributed by atoms with Crippen LogP contribution >= 0.6 is 11.6 Å². The van der Waals surface area contributed by atoms with Gasteiger partial charge in [0, 0.05) is 16.1 Å². The molecule has 128 valence electrons. The Morgan fingerprint density at radius 3 is 2.68 bits per heavy atom. The normalized spacial score (nSPS) is 12.0. The number of rotatable bonds is 5. The summed E-state index contributed by atoms with van der Waals surface area (Å²) in [4.78, 5) is 12.7. The Kier molecular flexibility index (Phi) is 5.25. The molecule has 3 aromatic carbocycles. The van der Waals surface area contributed by atoms with Gasteiger partial charge >= 0.3 is 0 Å². The number of ether oxygens (including phenoxy) is 1. The molecular weight excluding hydrogens is 334 g/mol. The molecule has 0 aromatic heterocycles. The van der Waals surface area contributed by atoms with E-state index in [0.29, 0.717) is 22.9 Å². The standard InChI is InChI=1S/C21H20ClNO2/c1-3-19(21(24)23-18-13-16(22)12-11-14(18)2)25-20-10-6-8-15-7-4-5-9-17(15)20/h4-13,19H,3H2,1-2H3,(H,23,24). The Morgan fingerprint density at radius 2 is 1.88 bits per heavy atom. The lowest BCUT2D eigenvalue weighted by Gasteiger charge is -2.19. The maximum Gasteiger partial charge on any atom is 0.265 e. The molecule has 0 aliphatic rings. The van der Waals surface area contributed by atoms with Crippen molar-refractivity contribution in [1.29, 1.82) is 0 Å². The van der Waals surface area contributed by atoms with Gasteiger partial charge in [-0.2, -0.15) is 0 Å². The van der Waals surface area contributed by atoms with Crippen molar-refractivity contribution in [3.63, 3.8) is 0 Å². The maximum absolute atomic E-state index is 12.7. The topological polar surface area (TPSA) is 38.3 Å². The summed E-state index contributed by atoms with van der Waals surface area (Å²) in [5.41, 5.74) is 1.66. The molecule has 0 bridgehead atoms. The van der Waals surface area contributed by atoms with Crippen molar-refractivity contribution in [1.82, 2.24) is 0 Å². The second kappa shape index (κ2) is 7.58. The average Bonchev–Trinajstić information content (AvgIpc) is 2.62. The lowest BCUT2D eigenvalue weighted by molar-refractivity contribution is -0.122. The highest BCUT2D eigenvalue weighted by molar-refractivity contribution is 6.31. The van der Waals surface area contributed by atoms with E-state index in [-0.39, 0.29) is 5.91 Å². The molecule has 1 amide bonds. The van der Waals surface area contributed by atoms with Gasteiger partial charge in [0.15, 0.2) is 6.10 Å². The zero-order valence-electron chi connectivity index (χ0n) is 14.3. The van der Waals surface area contributed by atoms with E-state index in [2.05, 4.69) is 5.32 Å². The summed E-state index contributed by atoms with van der Waals surface area (Å²) in [5, 5.41) is 5.59. The van der Waals surface area contributed by atoms with Gasteiger partial charge in [0.05, 0.1) is 0 Å². The number of carbonyl (C=O) groups excluding carboxylic acids is 1. The fraction of sp³-hybridized carbons (Fsp3) is 0.190. The predicted octanol–water partition coefficient (Wildman–Crippen LogP) is 5.60. The van der Waals surface area contributed by atoms with Crippen LogP contribution in [-0.4, -0.2) is 12.0 Å². The monoisotopic (exact) mass is 353 g/mol. The van der Waals surface area contributed by atoms with E-state index in [1.54, 1.807) is 12.1 Å². The second-order valence-corrected chi connectivity index (χ2v) is 6.38. The number of hydrogen-bond donors (Lipinski definition) is 1. The molecule has 3 rings (SSSR count). The molecular formula is C21H20ClNO2. The molecule has 1 N–H and O–H groups in total. The lowest BCUT2D eigenvalue weighted by atomic mass is 10.1. The van der Waals surface area contributed by atoms with Gasteiger partial charge in [-0.25, -0.2) is 0 Å². The van der Waals surface area contributed by atoms with Crippen LogP contribution in [0.15, 0.2) is 60.7 Å². The van der Waals surface area contributed by atoms with Crippen LogP contribution in [0.1, 0.15) is 18.9 Å². The Morgan fingerprint density at radius 1 is 1.12 bits per heavy atom. The molecule has 3 aromatic rings. The van der Waals surface area contributed by atoms with E-state index in [1.165, 1.54) is 0 Å². The predicted molar refractivity (Wildman–Crippen MR) is 103 cm³/mol. The number of benzene rings is 3. The maximum atomic E-state index is 12.7. The largest absolute Gasteiger partial charge is 0.480 e. The molecule has 25 heavy (non-hydrogen) atoms. The third-order valence-corrected chi connectivity index (χ3v) is 4.37. The van der Waals surface area contributed by atoms with E-state index in [4.69, 9.17) is 16.3 Å². The summed E-state index contributed by atoms with van der Waals surface area (Å²) >= 11 is 6.03. The number of amides is 1. The van der Waals surface area contributed by atoms with Crippen LogP contribution in [0.4, 0.5) is 5.69 Å². The highest BCUT2D eigenvalue weighted by Gasteiger charge is 2.20. The van der Waals surface area contributed by atoms with Gasteiger partial charge in [-0.15, -0.1) is 0 Å². The van der Waals surface area contributed by atoms with Crippen LogP contribution in [0.25, 0.3) is 10.8 Å². The van der Waals surface area contributed by atoms with Crippen molar-refractivity contribution >= 4 is 34.0 Å².